The average molecular weight is 357 g/mol. The minimum atomic E-state index is -0.126. The van der Waals surface area contributed by atoms with Gasteiger partial charge in [0, 0.05) is 17.3 Å². The summed E-state index contributed by atoms with van der Waals surface area (Å²) in [6, 6.07) is 13.4. The number of hydrogen-bond donors (Lipinski definition) is 1. The minimum absolute atomic E-state index is 0.126. The summed E-state index contributed by atoms with van der Waals surface area (Å²) in [5.41, 5.74) is 2.43. The third kappa shape index (κ3) is 4.55. The van der Waals surface area contributed by atoms with Crippen LogP contribution >= 0.6 is 11.8 Å². The van der Waals surface area contributed by atoms with Crippen molar-refractivity contribution in [2.45, 2.75) is 30.8 Å². The molecule has 1 N–H and O–H groups in total. The van der Waals surface area contributed by atoms with E-state index in [1.807, 2.05) is 49.4 Å². The van der Waals surface area contributed by atoms with Gasteiger partial charge in [-0.05, 0) is 49.6 Å². The molecule has 25 heavy (non-hydrogen) atoms. The fourth-order valence-electron chi connectivity index (χ4n) is 2.85. The lowest BCUT2D eigenvalue weighted by Crippen LogP contribution is -2.14. The van der Waals surface area contributed by atoms with Crippen LogP contribution in [0.15, 0.2) is 47.4 Å². The molecule has 4 nitrogen and oxygen atoms in total. The van der Waals surface area contributed by atoms with Crippen LogP contribution in [0.4, 0.5) is 5.69 Å². The molecule has 0 aliphatic carbocycles. The van der Waals surface area contributed by atoms with E-state index in [9.17, 15) is 4.79 Å². The molecular weight excluding hydrogens is 334 g/mol. The van der Waals surface area contributed by atoms with Gasteiger partial charge in [0.05, 0.1) is 24.5 Å². The van der Waals surface area contributed by atoms with E-state index in [4.69, 9.17) is 9.47 Å². The van der Waals surface area contributed by atoms with Crippen LogP contribution < -0.4 is 10.1 Å². The molecule has 0 aromatic heterocycles. The molecule has 0 radical (unpaired) electrons. The number of benzene rings is 2. The summed E-state index contributed by atoms with van der Waals surface area (Å²) in [5, 5.41) is 2.98. The summed E-state index contributed by atoms with van der Waals surface area (Å²) in [4.78, 5) is 13.8. The second kappa shape index (κ2) is 8.41. The number of ether oxygens (including phenoxy) is 2. The van der Waals surface area contributed by atoms with Crippen LogP contribution in [-0.2, 0) is 4.74 Å². The first kappa shape index (κ1) is 17.8. The van der Waals surface area contributed by atoms with Crippen molar-refractivity contribution < 1.29 is 14.3 Å². The Morgan fingerprint density at radius 2 is 2.16 bits per heavy atom. The van der Waals surface area contributed by atoms with Crippen LogP contribution in [0.5, 0.6) is 5.75 Å². The van der Waals surface area contributed by atoms with Gasteiger partial charge in [-0.25, -0.2) is 0 Å². The number of carbonyl (C=O) groups is 1. The van der Waals surface area contributed by atoms with E-state index in [0.29, 0.717) is 17.0 Å². The van der Waals surface area contributed by atoms with Crippen molar-refractivity contribution in [1.29, 1.82) is 0 Å². The molecule has 1 heterocycles. The molecule has 3 rings (SSSR count). The zero-order chi connectivity index (χ0) is 17.6. The van der Waals surface area contributed by atoms with Crippen molar-refractivity contribution in [2.75, 3.05) is 24.8 Å². The molecule has 0 spiro atoms. The van der Waals surface area contributed by atoms with Gasteiger partial charge in [-0.2, -0.15) is 0 Å². The Hall–Kier alpha value is -1.98. The zero-order valence-corrected chi connectivity index (χ0v) is 15.4. The van der Waals surface area contributed by atoms with Crippen molar-refractivity contribution >= 4 is 23.4 Å². The highest BCUT2D eigenvalue weighted by Crippen LogP contribution is 2.29. The number of nitrogens with one attached hydrogen (secondary N) is 1. The molecule has 0 unspecified atom stereocenters. The Morgan fingerprint density at radius 1 is 1.32 bits per heavy atom. The minimum Gasteiger partial charge on any atom is -0.495 e. The monoisotopic (exact) mass is 357 g/mol. The molecule has 0 saturated carbocycles. The number of hydrogen-bond acceptors (Lipinski definition) is 4. The third-order valence-electron chi connectivity index (χ3n) is 4.18. The van der Waals surface area contributed by atoms with Crippen molar-refractivity contribution in [3.63, 3.8) is 0 Å². The second-order valence-electron chi connectivity index (χ2n) is 6.10. The Kier molecular flexibility index (Phi) is 6.00. The maximum absolute atomic E-state index is 12.8. The van der Waals surface area contributed by atoms with Crippen molar-refractivity contribution in [3.8, 4) is 5.75 Å². The number of carbonyl (C=O) groups excluding carboxylic acids is 1. The van der Waals surface area contributed by atoms with Gasteiger partial charge in [-0.15, -0.1) is 11.8 Å². The van der Waals surface area contributed by atoms with Gasteiger partial charge in [0.2, 0.25) is 0 Å². The van der Waals surface area contributed by atoms with Gasteiger partial charge < -0.3 is 14.8 Å². The Labute approximate surface area is 152 Å². The normalized spacial score (nSPS) is 16.6. The largest absolute Gasteiger partial charge is 0.495 e. The predicted octanol–water partition coefficient (Wildman–Crippen LogP) is 4.53. The summed E-state index contributed by atoms with van der Waals surface area (Å²) in [6.45, 7) is 2.83. The maximum Gasteiger partial charge on any atom is 0.256 e. The lowest BCUT2D eigenvalue weighted by atomic mass is 10.1. The molecule has 132 valence electrons. The number of methoxy groups -OCH3 is 1. The highest BCUT2D eigenvalue weighted by Gasteiger charge is 2.18. The SMILES string of the molecule is COc1ccc(C)cc1NC(=O)c1ccccc1SC[C@@H]1CCCO1. The van der Waals surface area contributed by atoms with Gasteiger partial charge in [0.1, 0.15) is 5.75 Å². The average Bonchev–Trinajstić information content (AvgIpc) is 3.14. The van der Waals surface area contributed by atoms with Gasteiger partial charge in [0.25, 0.3) is 5.91 Å². The van der Waals surface area contributed by atoms with E-state index in [1.165, 1.54) is 0 Å². The summed E-state index contributed by atoms with van der Waals surface area (Å²) in [6.07, 6.45) is 2.51. The molecule has 1 fully saturated rings. The third-order valence-corrected chi connectivity index (χ3v) is 5.39. The van der Waals surface area contributed by atoms with Crippen molar-refractivity contribution in [2.24, 2.45) is 0 Å². The van der Waals surface area contributed by atoms with Crippen molar-refractivity contribution in [3.05, 3.63) is 53.6 Å². The van der Waals surface area contributed by atoms with Crippen LogP contribution in [0.1, 0.15) is 28.8 Å². The standard InChI is InChI=1S/C20H23NO3S/c1-14-9-10-18(23-2)17(12-14)21-20(22)16-7-3-4-8-19(16)25-13-15-6-5-11-24-15/h3-4,7-10,12,15H,5-6,11,13H2,1-2H3,(H,21,22)/t15-/m0/s1. The Balaban J connectivity index is 1.74. The molecule has 2 aromatic carbocycles. The second-order valence-corrected chi connectivity index (χ2v) is 7.16. The van der Waals surface area contributed by atoms with Crippen LogP contribution in [0.3, 0.4) is 0 Å². The van der Waals surface area contributed by atoms with E-state index in [1.54, 1.807) is 18.9 Å². The van der Waals surface area contributed by atoms with E-state index in [0.717, 1.165) is 35.7 Å². The number of amides is 1. The lowest BCUT2D eigenvalue weighted by molar-refractivity contribution is 0.102. The first-order valence-corrected chi connectivity index (χ1v) is 9.45. The Morgan fingerprint density at radius 3 is 2.92 bits per heavy atom. The first-order chi connectivity index (χ1) is 12.2. The van der Waals surface area contributed by atoms with E-state index in [-0.39, 0.29) is 12.0 Å². The van der Waals surface area contributed by atoms with E-state index < -0.39 is 0 Å². The highest BCUT2D eigenvalue weighted by molar-refractivity contribution is 7.99. The lowest BCUT2D eigenvalue weighted by Gasteiger charge is -2.14. The van der Waals surface area contributed by atoms with Crippen LogP contribution in [-0.4, -0.2) is 31.5 Å². The number of rotatable bonds is 6. The topological polar surface area (TPSA) is 47.6 Å². The maximum atomic E-state index is 12.8. The summed E-state index contributed by atoms with van der Waals surface area (Å²) < 4.78 is 11.0. The summed E-state index contributed by atoms with van der Waals surface area (Å²) in [5.74, 6) is 1.40. The summed E-state index contributed by atoms with van der Waals surface area (Å²) in [7, 11) is 1.60. The molecule has 2 aromatic rings. The molecule has 1 saturated heterocycles. The van der Waals surface area contributed by atoms with E-state index in [2.05, 4.69) is 5.32 Å². The molecule has 1 atom stereocenters. The fourth-order valence-corrected chi connectivity index (χ4v) is 3.97. The summed E-state index contributed by atoms with van der Waals surface area (Å²) >= 11 is 1.68. The van der Waals surface area contributed by atoms with Crippen LogP contribution in [0, 0.1) is 6.92 Å². The van der Waals surface area contributed by atoms with Crippen LogP contribution in [0.2, 0.25) is 0 Å². The fraction of sp³-hybridized carbons (Fsp3) is 0.350. The highest BCUT2D eigenvalue weighted by atomic mass is 32.2. The first-order valence-electron chi connectivity index (χ1n) is 8.47. The number of thioether (sulfide) groups is 1. The van der Waals surface area contributed by atoms with Gasteiger partial charge in [-0.3, -0.25) is 4.79 Å². The molecule has 1 aliphatic heterocycles. The van der Waals surface area contributed by atoms with Gasteiger partial charge >= 0.3 is 0 Å². The van der Waals surface area contributed by atoms with Crippen LogP contribution in [0.25, 0.3) is 0 Å². The molecule has 1 aliphatic rings. The van der Waals surface area contributed by atoms with E-state index >= 15 is 0 Å². The molecule has 5 heteroatoms. The van der Waals surface area contributed by atoms with Crippen molar-refractivity contribution in [1.82, 2.24) is 0 Å². The predicted molar refractivity (Wildman–Crippen MR) is 102 cm³/mol. The Bertz CT molecular complexity index is 741. The van der Waals surface area contributed by atoms with Gasteiger partial charge in [0.15, 0.2) is 0 Å². The molecule has 0 bridgehead atoms. The molecular formula is C20H23NO3S. The quantitative estimate of drug-likeness (QED) is 0.772. The smallest absolute Gasteiger partial charge is 0.256 e. The number of aryl methyl sites for hydroxylation is 1. The van der Waals surface area contributed by atoms with Gasteiger partial charge in [-0.1, -0.05) is 18.2 Å². The zero-order valence-electron chi connectivity index (χ0n) is 14.6. The molecule has 1 amide bonds. The number of anilines is 1.